The highest BCUT2D eigenvalue weighted by Gasteiger charge is 2.17. The lowest BCUT2D eigenvalue weighted by molar-refractivity contribution is -0.137. The minimum absolute atomic E-state index is 0.319. The van der Waals surface area contributed by atoms with Gasteiger partial charge in [-0.1, -0.05) is 30.7 Å². The van der Waals surface area contributed by atoms with Crippen molar-refractivity contribution in [2.24, 2.45) is 0 Å². The predicted molar refractivity (Wildman–Crippen MR) is 91.3 cm³/mol. The fourth-order valence-corrected chi connectivity index (χ4v) is 3.56. The van der Waals surface area contributed by atoms with Crippen LogP contribution in [0.25, 0.3) is 21.3 Å². The van der Waals surface area contributed by atoms with Crippen LogP contribution in [-0.2, 0) is 17.8 Å². The minimum atomic E-state index is -1.06. The maximum atomic E-state index is 12.8. The number of carboxylic acid groups (broad SMARTS) is 1. The molecule has 0 aliphatic carbocycles. The number of benzene rings is 1. The zero-order valence-electron chi connectivity index (χ0n) is 12.2. The summed E-state index contributed by atoms with van der Waals surface area (Å²) in [7, 11) is 0. The molecule has 0 amide bonds. The second kappa shape index (κ2) is 6.14. The Hall–Kier alpha value is -2.18. The summed E-state index contributed by atoms with van der Waals surface area (Å²) in [6.45, 7) is 1.46. The summed E-state index contributed by atoms with van der Waals surface area (Å²) in [5.74, 6) is -0.583. The zero-order valence-corrected chi connectivity index (χ0v) is 13.8. The average molecular weight is 349 g/mol. The molecule has 1 N–H and O–H groups in total. The molecule has 118 valence electrons. The third-order valence-corrected chi connectivity index (χ3v) is 4.66. The van der Waals surface area contributed by atoms with Gasteiger partial charge in [-0.3, -0.25) is 14.2 Å². The van der Waals surface area contributed by atoms with E-state index in [2.05, 4.69) is 4.98 Å². The molecule has 3 aromatic rings. The van der Waals surface area contributed by atoms with Gasteiger partial charge in [0.2, 0.25) is 0 Å². The van der Waals surface area contributed by atoms with E-state index < -0.39 is 5.97 Å². The van der Waals surface area contributed by atoms with Gasteiger partial charge in [0.25, 0.3) is 5.56 Å². The summed E-state index contributed by atoms with van der Waals surface area (Å²) in [5.41, 5.74) is 1.28. The van der Waals surface area contributed by atoms with E-state index in [1.54, 1.807) is 12.1 Å². The van der Waals surface area contributed by atoms with Crippen molar-refractivity contribution >= 4 is 39.1 Å². The molecule has 0 fully saturated rings. The molecule has 0 bridgehead atoms. The summed E-state index contributed by atoms with van der Waals surface area (Å²) >= 11 is 7.28. The van der Waals surface area contributed by atoms with Crippen LogP contribution in [0.15, 0.2) is 34.4 Å². The van der Waals surface area contributed by atoms with E-state index in [1.807, 2.05) is 24.4 Å². The van der Waals surface area contributed by atoms with Crippen molar-refractivity contribution in [1.29, 1.82) is 0 Å². The van der Waals surface area contributed by atoms with Crippen LogP contribution in [0.5, 0.6) is 0 Å². The van der Waals surface area contributed by atoms with Crippen LogP contribution < -0.4 is 5.56 Å². The number of thiophene rings is 1. The molecule has 2 heterocycles. The molecule has 0 aliphatic rings. The molecule has 0 atom stereocenters. The van der Waals surface area contributed by atoms with Crippen molar-refractivity contribution in [3.63, 3.8) is 0 Å². The topological polar surface area (TPSA) is 72.2 Å². The third-order valence-electron chi connectivity index (χ3n) is 3.54. The smallest absolute Gasteiger partial charge is 0.323 e. The van der Waals surface area contributed by atoms with Crippen LogP contribution in [0, 0.1) is 0 Å². The Labute approximate surface area is 140 Å². The highest BCUT2D eigenvalue weighted by atomic mass is 35.5. The number of rotatable bonds is 4. The molecular formula is C16H13ClN2O3S. The Morgan fingerprint density at radius 1 is 1.35 bits per heavy atom. The lowest BCUT2D eigenvalue weighted by atomic mass is 10.1. The summed E-state index contributed by atoms with van der Waals surface area (Å²) in [5, 5.41) is 12.0. The maximum Gasteiger partial charge on any atom is 0.323 e. The fraction of sp³-hybridized carbons (Fsp3) is 0.188. The number of carbonyl (C=O) groups is 1. The van der Waals surface area contributed by atoms with Crippen LogP contribution in [0.2, 0.25) is 5.02 Å². The summed E-state index contributed by atoms with van der Waals surface area (Å²) in [6.07, 6.45) is 0.493. The van der Waals surface area contributed by atoms with Crippen molar-refractivity contribution in [3.05, 3.63) is 50.8 Å². The number of halogens is 1. The first-order valence-corrected chi connectivity index (χ1v) is 8.25. The molecule has 0 radical (unpaired) electrons. The summed E-state index contributed by atoms with van der Waals surface area (Å²) in [6, 6.07) is 7.17. The summed E-state index contributed by atoms with van der Waals surface area (Å²) < 4.78 is 1.23. The van der Waals surface area contributed by atoms with Crippen molar-refractivity contribution < 1.29 is 9.90 Å². The Morgan fingerprint density at radius 2 is 2.04 bits per heavy atom. The van der Waals surface area contributed by atoms with Crippen molar-refractivity contribution in [2.75, 3.05) is 0 Å². The molecule has 2 aromatic heterocycles. The number of hydrogen-bond donors (Lipinski definition) is 1. The Morgan fingerprint density at radius 3 is 2.65 bits per heavy atom. The standard InChI is InChI=1S/C16H13ClN2O3S/c1-2-12-18-15-14(16(22)19(12)7-13(20)21)11(8-23-15)9-3-5-10(17)6-4-9/h3-6,8H,2,7H2,1H3,(H,20,21). The van der Waals surface area contributed by atoms with Gasteiger partial charge in [-0.15, -0.1) is 11.3 Å². The van der Waals surface area contributed by atoms with Crippen molar-refractivity contribution in [2.45, 2.75) is 19.9 Å². The molecule has 0 spiro atoms. The first kappa shape index (κ1) is 15.7. The Kier molecular flexibility index (Phi) is 4.19. The van der Waals surface area contributed by atoms with Gasteiger partial charge in [-0.25, -0.2) is 4.98 Å². The number of carboxylic acids is 1. The second-order valence-corrected chi connectivity index (χ2v) is 6.30. The minimum Gasteiger partial charge on any atom is -0.480 e. The van der Waals surface area contributed by atoms with E-state index in [0.29, 0.717) is 27.5 Å². The number of nitrogens with zero attached hydrogens (tertiary/aromatic N) is 2. The lowest BCUT2D eigenvalue weighted by Gasteiger charge is -2.09. The molecular weight excluding hydrogens is 336 g/mol. The van der Waals surface area contributed by atoms with E-state index in [0.717, 1.165) is 11.1 Å². The van der Waals surface area contributed by atoms with E-state index in [4.69, 9.17) is 16.7 Å². The molecule has 0 unspecified atom stereocenters. The molecule has 0 saturated carbocycles. The first-order valence-electron chi connectivity index (χ1n) is 7.00. The SMILES string of the molecule is CCc1nc2scc(-c3ccc(Cl)cc3)c2c(=O)n1CC(=O)O. The van der Waals surface area contributed by atoms with Gasteiger partial charge in [0.05, 0.1) is 5.39 Å². The van der Waals surface area contributed by atoms with E-state index in [9.17, 15) is 9.59 Å². The van der Waals surface area contributed by atoms with Gasteiger partial charge in [0, 0.05) is 22.4 Å². The van der Waals surface area contributed by atoms with E-state index >= 15 is 0 Å². The van der Waals surface area contributed by atoms with Gasteiger partial charge < -0.3 is 5.11 Å². The third kappa shape index (κ3) is 2.87. The number of aromatic nitrogens is 2. The lowest BCUT2D eigenvalue weighted by Crippen LogP contribution is -2.28. The van der Waals surface area contributed by atoms with Gasteiger partial charge in [-0.2, -0.15) is 0 Å². The van der Waals surface area contributed by atoms with Crippen LogP contribution in [0.4, 0.5) is 0 Å². The first-order chi connectivity index (χ1) is 11.0. The number of aryl methyl sites for hydroxylation is 1. The van der Waals surface area contributed by atoms with Gasteiger partial charge in [0.1, 0.15) is 17.2 Å². The zero-order chi connectivity index (χ0) is 16.6. The number of aliphatic carboxylic acids is 1. The second-order valence-electron chi connectivity index (χ2n) is 5.00. The molecule has 3 rings (SSSR count). The fourth-order valence-electron chi connectivity index (χ4n) is 2.48. The van der Waals surface area contributed by atoms with Crippen LogP contribution in [-0.4, -0.2) is 20.6 Å². The van der Waals surface area contributed by atoms with Gasteiger partial charge >= 0.3 is 5.97 Å². The van der Waals surface area contributed by atoms with Gasteiger partial charge in [-0.05, 0) is 17.7 Å². The normalized spacial score (nSPS) is 11.0. The number of hydrogen-bond acceptors (Lipinski definition) is 4. The van der Waals surface area contributed by atoms with E-state index in [1.165, 1.54) is 15.9 Å². The maximum absolute atomic E-state index is 12.8. The molecule has 7 heteroatoms. The van der Waals surface area contributed by atoms with E-state index in [-0.39, 0.29) is 12.1 Å². The largest absolute Gasteiger partial charge is 0.480 e. The molecule has 0 aliphatic heterocycles. The quantitative estimate of drug-likeness (QED) is 0.784. The predicted octanol–water partition coefficient (Wildman–Crippen LogP) is 3.43. The molecule has 5 nitrogen and oxygen atoms in total. The highest BCUT2D eigenvalue weighted by molar-refractivity contribution is 7.17. The van der Waals surface area contributed by atoms with Crippen molar-refractivity contribution in [1.82, 2.24) is 9.55 Å². The Balaban J connectivity index is 2.28. The number of fused-ring (bicyclic) bond motifs is 1. The van der Waals surface area contributed by atoms with Gasteiger partial charge in [0.15, 0.2) is 0 Å². The van der Waals surface area contributed by atoms with Crippen LogP contribution in [0.1, 0.15) is 12.7 Å². The monoisotopic (exact) mass is 348 g/mol. The molecule has 23 heavy (non-hydrogen) atoms. The van der Waals surface area contributed by atoms with Crippen molar-refractivity contribution in [3.8, 4) is 11.1 Å². The highest BCUT2D eigenvalue weighted by Crippen LogP contribution is 2.31. The summed E-state index contributed by atoms with van der Waals surface area (Å²) in [4.78, 5) is 28.9. The van der Waals surface area contributed by atoms with Crippen LogP contribution >= 0.6 is 22.9 Å². The van der Waals surface area contributed by atoms with Crippen LogP contribution in [0.3, 0.4) is 0 Å². The molecule has 0 saturated heterocycles. The molecule has 1 aromatic carbocycles. The average Bonchev–Trinajstić information content (AvgIpc) is 2.94. The Bertz CT molecular complexity index is 944.